The molecule has 7 nitrogen and oxygen atoms in total. The van der Waals surface area contributed by atoms with Gasteiger partial charge >= 0.3 is 5.97 Å². The van der Waals surface area contributed by atoms with Crippen molar-refractivity contribution in [3.05, 3.63) is 17.8 Å². The summed E-state index contributed by atoms with van der Waals surface area (Å²) < 4.78 is 0. The van der Waals surface area contributed by atoms with Gasteiger partial charge in [-0.15, -0.1) is 10.2 Å². The number of nitrogens with one attached hydrogen (secondary N) is 1. The molecular formula is C10H14N4O3. The molecule has 0 saturated carbocycles. The Labute approximate surface area is 98.5 Å². The molecule has 1 aromatic rings. The zero-order valence-corrected chi connectivity index (χ0v) is 9.67. The molecule has 0 unspecified atom stereocenters. The number of hydrogen-bond acceptors (Lipinski definition) is 5. The average molecular weight is 238 g/mol. The molecule has 92 valence electrons. The Bertz CT molecular complexity index is 405. The Kier molecular flexibility index (Phi) is 4.38. The maximum absolute atomic E-state index is 11.4. The van der Waals surface area contributed by atoms with Crippen LogP contribution in [0.25, 0.3) is 0 Å². The first-order valence-electron chi connectivity index (χ1n) is 5.09. The summed E-state index contributed by atoms with van der Waals surface area (Å²) in [5.41, 5.74) is 0.208. The highest BCUT2D eigenvalue weighted by Gasteiger charge is 2.10. The number of carboxylic acid groups (broad SMARTS) is 1. The second-order valence-electron chi connectivity index (χ2n) is 3.39. The van der Waals surface area contributed by atoms with Crippen LogP contribution in [0.15, 0.2) is 12.1 Å². The first-order valence-corrected chi connectivity index (χ1v) is 5.09. The Morgan fingerprint density at radius 3 is 2.59 bits per heavy atom. The Hall–Kier alpha value is -2.18. The monoisotopic (exact) mass is 238 g/mol. The van der Waals surface area contributed by atoms with Crippen molar-refractivity contribution in [3.63, 3.8) is 0 Å². The van der Waals surface area contributed by atoms with Gasteiger partial charge in [0.15, 0.2) is 11.5 Å². The van der Waals surface area contributed by atoms with Crippen molar-refractivity contribution < 1.29 is 14.7 Å². The molecule has 0 bridgehead atoms. The fourth-order valence-electron chi connectivity index (χ4n) is 1.18. The highest BCUT2D eigenvalue weighted by atomic mass is 16.4. The van der Waals surface area contributed by atoms with Crippen LogP contribution in [0.3, 0.4) is 0 Å². The first-order chi connectivity index (χ1) is 8.04. The van der Waals surface area contributed by atoms with Crippen LogP contribution in [-0.2, 0) is 4.79 Å². The minimum Gasteiger partial charge on any atom is -0.480 e. The van der Waals surface area contributed by atoms with E-state index < -0.39 is 5.97 Å². The van der Waals surface area contributed by atoms with Gasteiger partial charge in [0.2, 0.25) is 0 Å². The summed E-state index contributed by atoms with van der Waals surface area (Å²) in [6.07, 6.45) is 0. The molecule has 17 heavy (non-hydrogen) atoms. The molecule has 0 aliphatic carbocycles. The lowest BCUT2D eigenvalue weighted by molar-refractivity contribution is -0.135. The van der Waals surface area contributed by atoms with Crippen molar-refractivity contribution in [2.45, 2.75) is 6.92 Å². The van der Waals surface area contributed by atoms with Gasteiger partial charge in [0.25, 0.3) is 5.91 Å². The molecule has 0 fully saturated rings. The predicted octanol–water partition coefficient (Wildman–Crippen LogP) is -0.253. The van der Waals surface area contributed by atoms with Crippen LogP contribution < -0.4 is 10.2 Å². The normalized spacial score (nSPS) is 9.76. The molecule has 1 aromatic heterocycles. The molecule has 0 saturated heterocycles. The summed E-state index contributed by atoms with van der Waals surface area (Å²) in [4.78, 5) is 23.3. The van der Waals surface area contributed by atoms with E-state index in [1.54, 1.807) is 20.0 Å². The van der Waals surface area contributed by atoms with E-state index in [1.807, 2.05) is 0 Å². The number of nitrogens with zero attached hydrogens (tertiary/aromatic N) is 3. The highest BCUT2D eigenvalue weighted by molar-refractivity contribution is 5.92. The lowest BCUT2D eigenvalue weighted by Gasteiger charge is -2.14. The van der Waals surface area contributed by atoms with Crippen molar-refractivity contribution in [2.75, 3.05) is 25.0 Å². The molecule has 0 aliphatic heterocycles. The summed E-state index contributed by atoms with van der Waals surface area (Å²) in [5, 5.41) is 18.7. The minimum absolute atomic E-state index is 0.171. The number of carboxylic acids is 1. The maximum Gasteiger partial charge on any atom is 0.323 e. The molecule has 1 amide bonds. The Morgan fingerprint density at radius 2 is 2.12 bits per heavy atom. The van der Waals surface area contributed by atoms with E-state index in [2.05, 4.69) is 15.5 Å². The fraction of sp³-hybridized carbons (Fsp3) is 0.400. The minimum atomic E-state index is -0.956. The fourth-order valence-corrected chi connectivity index (χ4v) is 1.18. The first kappa shape index (κ1) is 12.9. The SMILES string of the molecule is CCNC(=O)c1ccc(N(C)CC(=O)O)nn1. The van der Waals surface area contributed by atoms with Crippen molar-refractivity contribution in [2.24, 2.45) is 0 Å². The van der Waals surface area contributed by atoms with Crippen LogP contribution in [0.2, 0.25) is 0 Å². The van der Waals surface area contributed by atoms with E-state index >= 15 is 0 Å². The molecular weight excluding hydrogens is 224 g/mol. The summed E-state index contributed by atoms with van der Waals surface area (Å²) in [6.45, 7) is 2.15. The molecule has 0 atom stereocenters. The Morgan fingerprint density at radius 1 is 1.41 bits per heavy atom. The third kappa shape index (κ3) is 3.71. The lowest BCUT2D eigenvalue weighted by Crippen LogP contribution is -2.27. The van der Waals surface area contributed by atoms with Crippen LogP contribution in [0.1, 0.15) is 17.4 Å². The van der Waals surface area contributed by atoms with E-state index in [1.165, 1.54) is 11.0 Å². The van der Waals surface area contributed by atoms with Gasteiger partial charge in [-0.3, -0.25) is 9.59 Å². The topological polar surface area (TPSA) is 95.4 Å². The number of aromatic nitrogens is 2. The third-order valence-corrected chi connectivity index (χ3v) is 1.98. The molecule has 0 radical (unpaired) electrons. The van der Waals surface area contributed by atoms with Gasteiger partial charge < -0.3 is 15.3 Å². The number of anilines is 1. The highest BCUT2D eigenvalue weighted by Crippen LogP contribution is 2.06. The molecule has 1 rings (SSSR count). The van der Waals surface area contributed by atoms with E-state index in [4.69, 9.17) is 5.11 Å². The molecule has 7 heteroatoms. The number of likely N-dealkylation sites (N-methyl/N-ethyl adjacent to an activating group) is 1. The number of rotatable bonds is 5. The van der Waals surface area contributed by atoms with E-state index in [0.717, 1.165) is 0 Å². The van der Waals surface area contributed by atoms with Crippen LogP contribution in [0, 0.1) is 0 Å². The largest absolute Gasteiger partial charge is 0.480 e. The quantitative estimate of drug-likeness (QED) is 0.734. The summed E-state index contributed by atoms with van der Waals surface area (Å²) in [7, 11) is 1.59. The second kappa shape index (κ2) is 5.78. The zero-order chi connectivity index (χ0) is 12.8. The van der Waals surface area contributed by atoms with Crippen LogP contribution in [0.4, 0.5) is 5.82 Å². The lowest BCUT2D eigenvalue weighted by atomic mass is 10.3. The smallest absolute Gasteiger partial charge is 0.323 e. The summed E-state index contributed by atoms with van der Waals surface area (Å²) >= 11 is 0. The molecule has 1 heterocycles. The molecule has 0 aromatic carbocycles. The van der Waals surface area contributed by atoms with Gasteiger partial charge in [-0.25, -0.2) is 0 Å². The number of hydrogen-bond donors (Lipinski definition) is 2. The van der Waals surface area contributed by atoms with Crippen molar-refractivity contribution in [1.82, 2.24) is 15.5 Å². The maximum atomic E-state index is 11.4. The molecule has 0 aliphatic rings. The number of carbonyl (C=O) groups excluding carboxylic acids is 1. The molecule has 2 N–H and O–H groups in total. The Balaban J connectivity index is 2.73. The van der Waals surface area contributed by atoms with Gasteiger partial charge in [-0.1, -0.05) is 0 Å². The van der Waals surface area contributed by atoms with Gasteiger partial charge in [0, 0.05) is 13.6 Å². The van der Waals surface area contributed by atoms with Crippen LogP contribution in [0.5, 0.6) is 0 Å². The van der Waals surface area contributed by atoms with Gasteiger partial charge in [-0.05, 0) is 19.1 Å². The number of carbonyl (C=O) groups is 2. The van der Waals surface area contributed by atoms with E-state index in [0.29, 0.717) is 12.4 Å². The van der Waals surface area contributed by atoms with Crippen LogP contribution in [-0.4, -0.2) is 47.3 Å². The third-order valence-electron chi connectivity index (χ3n) is 1.98. The van der Waals surface area contributed by atoms with E-state index in [9.17, 15) is 9.59 Å². The van der Waals surface area contributed by atoms with Crippen molar-refractivity contribution >= 4 is 17.7 Å². The summed E-state index contributed by atoms with van der Waals surface area (Å²) in [5.74, 6) is -0.852. The number of amides is 1. The molecule has 0 spiro atoms. The standard InChI is InChI=1S/C10H14N4O3/c1-3-11-10(17)7-4-5-8(13-12-7)14(2)6-9(15)16/h4-5H,3,6H2,1-2H3,(H,11,17)(H,15,16). The van der Waals surface area contributed by atoms with Crippen molar-refractivity contribution in [1.29, 1.82) is 0 Å². The van der Waals surface area contributed by atoms with E-state index in [-0.39, 0.29) is 18.1 Å². The van der Waals surface area contributed by atoms with Gasteiger partial charge in [0.05, 0.1) is 0 Å². The zero-order valence-electron chi connectivity index (χ0n) is 9.67. The van der Waals surface area contributed by atoms with Gasteiger partial charge in [0.1, 0.15) is 6.54 Å². The second-order valence-corrected chi connectivity index (χ2v) is 3.39. The summed E-state index contributed by atoms with van der Waals surface area (Å²) in [6, 6.07) is 3.06. The number of aliphatic carboxylic acids is 1. The average Bonchev–Trinajstić information content (AvgIpc) is 2.28. The predicted molar refractivity (Wildman–Crippen MR) is 60.9 cm³/mol. The van der Waals surface area contributed by atoms with Crippen LogP contribution >= 0.6 is 0 Å². The van der Waals surface area contributed by atoms with Crippen molar-refractivity contribution in [3.8, 4) is 0 Å². The van der Waals surface area contributed by atoms with Gasteiger partial charge in [-0.2, -0.15) is 0 Å².